The molecule has 2 aromatic carbocycles. The second-order valence-electron chi connectivity index (χ2n) is 7.24. The standard InChI is InChI=1S/C22H26BrN3O3/c1-3-26(4-2)17-10-8-16(9-11-17)24-20(27)22(25-21(28)29)13-12-15-6-5-7-19(23)18(15)14-22/h5-11,25H,3-4,12-14H2,1-2H3,(H,24,27)(H,28,29). The molecule has 3 rings (SSSR count). The molecule has 7 heteroatoms. The van der Waals surface area contributed by atoms with Crippen molar-refractivity contribution in [3.8, 4) is 0 Å². The Kier molecular flexibility index (Phi) is 6.47. The van der Waals surface area contributed by atoms with Crippen LogP contribution in [0.2, 0.25) is 0 Å². The molecule has 2 aromatic rings. The minimum absolute atomic E-state index is 0.305. The maximum atomic E-state index is 13.2. The summed E-state index contributed by atoms with van der Waals surface area (Å²) in [6.45, 7) is 6.00. The van der Waals surface area contributed by atoms with Gasteiger partial charge < -0.3 is 20.6 Å². The Labute approximate surface area is 179 Å². The monoisotopic (exact) mass is 459 g/mol. The lowest BCUT2D eigenvalue weighted by Gasteiger charge is -2.37. The molecule has 0 saturated carbocycles. The van der Waals surface area contributed by atoms with Gasteiger partial charge in [-0.2, -0.15) is 0 Å². The molecule has 29 heavy (non-hydrogen) atoms. The molecule has 0 saturated heterocycles. The number of hydrogen-bond acceptors (Lipinski definition) is 3. The lowest BCUT2D eigenvalue weighted by atomic mass is 9.77. The van der Waals surface area contributed by atoms with Crippen LogP contribution in [-0.4, -0.2) is 35.7 Å². The van der Waals surface area contributed by atoms with Crippen LogP contribution in [0.15, 0.2) is 46.9 Å². The maximum Gasteiger partial charge on any atom is 0.405 e. The van der Waals surface area contributed by atoms with E-state index in [1.54, 1.807) is 0 Å². The number of carboxylic acid groups (broad SMARTS) is 1. The maximum absolute atomic E-state index is 13.2. The Balaban J connectivity index is 1.84. The highest BCUT2D eigenvalue weighted by molar-refractivity contribution is 9.10. The van der Waals surface area contributed by atoms with Crippen molar-refractivity contribution in [3.63, 3.8) is 0 Å². The zero-order chi connectivity index (χ0) is 21.0. The summed E-state index contributed by atoms with van der Waals surface area (Å²) >= 11 is 3.54. The van der Waals surface area contributed by atoms with E-state index in [1.165, 1.54) is 0 Å². The van der Waals surface area contributed by atoms with Gasteiger partial charge in [-0.1, -0.05) is 28.1 Å². The second-order valence-corrected chi connectivity index (χ2v) is 8.09. The molecule has 0 heterocycles. The third kappa shape index (κ3) is 4.56. The first kappa shape index (κ1) is 21.2. The average molecular weight is 460 g/mol. The minimum Gasteiger partial charge on any atom is -0.465 e. The number of benzene rings is 2. The topological polar surface area (TPSA) is 81.7 Å². The summed E-state index contributed by atoms with van der Waals surface area (Å²) in [7, 11) is 0. The van der Waals surface area contributed by atoms with Crippen molar-refractivity contribution in [2.45, 2.75) is 38.6 Å². The summed E-state index contributed by atoms with van der Waals surface area (Å²) in [5.41, 5.74) is 2.63. The third-order valence-electron chi connectivity index (χ3n) is 5.55. The van der Waals surface area contributed by atoms with Gasteiger partial charge >= 0.3 is 6.09 Å². The Hall–Kier alpha value is -2.54. The molecule has 1 aliphatic rings. The Morgan fingerprint density at radius 3 is 2.45 bits per heavy atom. The highest BCUT2D eigenvalue weighted by Gasteiger charge is 2.43. The van der Waals surface area contributed by atoms with Crippen LogP contribution in [0.1, 0.15) is 31.4 Å². The molecule has 0 spiro atoms. The van der Waals surface area contributed by atoms with E-state index in [1.807, 2.05) is 42.5 Å². The van der Waals surface area contributed by atoms with Crippen LogP contribution in [0.25, 0.3) is 0 Å². The van der Waals surface area contributed by atoms with E-state index in [0.717, 1.165) is 34.4 Å². The molecule has 0 fully saturated rings. The Morgan fingerprint density at radius 2 is 1.83 bits per heavy atom. The van der Waals surface area contributed by atoms with E-state index >= 15 is 0 Å². The van der Waals surface area contributed by atoms with Gasteiger partial charge in [0.05, 0.1) is 0 Å². The zero-order valence-corrected chi connectivity index (χ0v) is 18.3. The molecule has 2 amide bonds. The number of aryl methyl sites for hydroxylation is 1. The van der Waals surface area contributed by atoms with Crippen molar-refractivity contribution >= 4 is 39.3 Å². The molecule has 0 aromatic heterocycles. The largest absolute Gasteiger partial charge is 0.465 e. The van der Waals surface area contributed by atoms with E-state index in [0.29, 0.717) is 24.9 Å². The van der Waals surface area contributed by atoms with E-state index in [9.17, 15) is 14.7 Å². The summed E-state index contributed by atoms with van der Waals surface area (Å²) in [6, 6.07) is 13.5. The lowest BCUT2D eigenvalue weighted by molar-refractivity contribution is -0.122. The second kappa shape index (κ2) is 8.86. The van der Waals surface area contributed by atoms with Crippen LogP contribution in [0.3, 0.4) is 0 Å². The van der Waals surface area contributed by atoms with E-state index in [-0.39, 0.29) is 5.91 Å². The third-order valence-corrected chi connectivity index (χ3v) is 6.29. The molecule has 0 aliphatic heterocycles. The highest BCUT2D eigenvalue weighted by atomic mass is 79.9. The molecule has 6 nitrogen and oxygen atoms in total. The van der Waals surface area contributed by atoms with E-state index < -0.39 is 11.6 Å². The summed E-state index contributed by atoms with van der Waals surface area (Å²) < 4.78 is 0.891. The number of carbonyl (C=O) groups is 2. The van der Waals surface area contributed by atoms with Crippen LogP contribution in [0.4, 0.5) is 16.2 Å². The van der Waals surface area contributed by atoms with E-state index in [4.69, 9.17) is 0 Å². The molecule has 1 atom stereocenters. The predicted octanol–water partition coefficient (Wildman–Crippen LogP) is 4.43. The summed E-state index contributed by atoms with van der Waals surface area (Å²) in [4.78, 5) is 26.9. The molecule has 0 radical (unpaired) electrons. The number of nitrogens with one attached hydrogen (secondary N) is 2. The fourth-order valence-electron chi connectivity index (χ4n) is 3.93. The van der Waals surface area contributed by atoms with Gasteiger partial charge in [0.15, 0.2) is 0 Å². The number of carbonyl (C=O) groups excluding carboxylic acids is 1. The molecule has 3 N–H and O–H groups in total. The average Bonchev–Trinajstić information content (AvgIpc) is 2.70. The van der Waals surface area contributed by atoms with Crippen molar-refractivity contribution in [3.05, 3.63) is 58.1 Å². The molecular weight excluding hydrogens is 434 g/mol. The normalized spacial score (nSPS) is 17.9. The molecule has 1 aliphatic carbocycles. The quantitative estimate of drug-likeness (QED) is 0.596. The SMILES string of the molecule is CCN(CC)c1ccc(NC(=O)C2(NC(=O)O)CCc3cccc(Br)c3C2)cc1. The number of anilines is 2. The number of amides is 2. The van der Waals surface area contributed by atoms with Crippen molar-refractivity contribution in [1.29, 1.82) is 0 Å². The lowest BCUT2D eigenvalue weighted by Crippen LogP contribution is -2.59. The first-order chi connectivity index (χ1) is 13.9. The Morgan fingerprint density at radius 1 is 1.14 bits per heavy atom. The van der Waals surface area contributed by atoms with Gasteiger partial charge in [0.25, 0.3) is 5.91 Å². The van der Waals surface area contributed by atoms with Gasteiger partial charge in [0.2, 0.25) is 0 Å². The highest BCUT2D eigenvalue weighted by Crippen LogP contribution is 2.34. The van der Waals surface area contributed by atoms with Crippen molar-refractivity contribution < 1.29 is 14.7 Å². The molecular formula is C22H26BrN3O3. The molecule has 154 valence electrons. The fourth-order valence-corrected chi connectivity index (χ4v) is 4.48. The minimum atomic E-state index is -1.21. The summed E-state index contributed by atoms with van der Waals surface area (Å²) in [5, 5.41) is 14.8. The number of hydrogen-bond donors (Lipinski definition) is 3. The summed E-state index contributed by atoms with van der Waals surface area (Å²) in [5.74, 6) is -0.336. The summed E-state index contributed by atoms with van der Waals surface area (Å²) in [6.07, 6.45) is 0.141. The molecule has 1 unspecified atom stereocenters. The number of fused-ring (bicyclic) bond motifs is 1. The van der Waals surface area contributed by atoms with Crippen LogP contribution in [0.5, 0.6) is 0 Å². The van der Waals surface area contributed by atoms with Crippen molar-refractivity contribution in [2.24, 2.45) is 0 Å². The van der Waals surface area contributed by atoms with Gasteiger partial charge in [0.1, 0.15) is 5.54 Å². The number of nitrogens with zero attached hydrogens (tertiary/aromatic N) is 1. The van der Waals surface area contributed by atoms with Gasteiger partial charge in [0, 0.05) is 35.4 Å². The van der Waals surface area contributed by atoms with Crippen LogP contribution in [-0.2, 0) is 17.6 Å². The first-order valence-corrected chi connectivity index (χ1v) is 10.6. The number of halogens is 1. The van der Waals surface area contributed by atoms with Crippen molar-refractivity contribution in [2.75, 3.05) is 23.3 Å². The first-order valence-electron chi connectivity index (χ1n) is 9.82. The van der Waals surface area contributed by atoms with Crippen molar-refractivity contribution in [1.82, 2.24) is 5.32 Å². The van der Waals surface area contributed by atoms with Gasteiger partial charge in [-0.3, -0.25) is 4.79 Å². The fraction of sp³-hybridized carbons (Fsp3) is 0.364. The van der Waals surface area contributed by atoms with Crippen LogP contribution < -0.4 is 15.5 Å². The van der Waals surface area contributed by atoms with Crippen LogP contribution in [0, 0.1) is 0 Å². The van der Waals surface area contributed by atoms with Gasteiger partial charge in [-0.05, 0) is 68.1 Å². The van der Waals surface area contributed by atoms with E-state index in [2.05, 4.69) is 45.3 Å². The van der Waals surface area contributed by atoms with Crippen LogP contribution >= 0.6 is 15.9 Å². The number of rotatable bonds is 6. The zero-order valence-electron chi connectivity index (χ0n) is 16.7. The molecule has 0 bridgehead atoms. The predicted molar refractivity (Wildman–Crippen MR) is 119 cm³/mol. The smallest absolute Gasteiger partial charge is 0.405 e. The van der Waals surface area contributed by atoms with Gasteiger partial charge in [-0.15, -0.1) is 0 Å². The Bertz CT molecular complexity index is 897. The van der Waals surface area contributed by atoms with Gasteiger partial charge in [-0.25, -0.2) is 4.79 Å².